The molecular weight excluding hydrogens is 417 g/mol. The molecule has 0 heterocycles. The maximum Gasteiger partial charge on any atom is 0.0828 e. The number of aliphatic hydroxyl groups excluding tert-OH is 1. The van der Waals surface area contributed by atoms with Crippen LogP contribution in [0.3, 0.4) is 0 Å². The number of halogens is 2. The van der Waals surface area contributed by atoms with Gasteiger partial charge in [-0.25, -0.2) is 0 Å². The molecular formula is C15H15BrINO. The van der Waals surface area contributed by atoms with Crippen LogP contribution in [-0.2, 0) is 5.54 Å². The summed E-state index contributed by atoms with van der Waals surface area (Å²) in [6.07, 6.45) is 0. The molecule has 0 saturated heterocycles. The average Bonchev–Trinajstić information content (AvgIpc) is 2.42. The van der Waals surface area contributed by atoms with Crippen LogP contribution in [0.4, 0.5) is 5.69 Å². The third-order valence-electron chi connectivity index (χ3n) is 3.06. The zero-order valence-electron chi connectivity index (χ0n) is 10.5. The van der Waals surface area contributed by atoms with Crippen molar-refractivity contribution in [2.45, 2.75) is 12.5 Å². The molecule has 19 heavy (non-hydrogen) atoms. The minimum atomic E-state index is -0.488. The molecule has 100 valence electrons. The van der Waals surface area contributed by atoms with Gasteiger partial charge in [-0.1, -0.05) is 28.1 Å². The number of aliphatic hydroxyl groups is 1. The highest BCUT2D eigenvalue weighted by Gasteiger charge is 2.25. The van der Waals surface area contributed by atoms with Crippen LogP contribution in [0, 0.1) is 3.57 Å². The van der Waals surface area contributed by atoms with Gasteiger partial charge in [0.25, 0.3) is 0 Å². The zero-order chi connectivity index (χ0) is 13.9. The number of hydrogen-bond acceptors (Lipinski definition) is 2. The Morgan fingerprint density at radius 1 is 1.11 bits per heavy atom. The van der Waals surface area contributed by atoms with Crippen molar-refractivity contribution in [2.75, 3.05) is 11.9 Å². The summed E-state index contributed by atoms with van der Waals surface area (Å²) in [4.78, 5) is 0. The average molecular weight is 432 g/mol. The lowest BCUT2D eigenvalue weighted by molar-refractivity contribution is 0.224. The van der Waals surface area contributed by atoms with E-state index >= 15 is 0 Å². The summed E-state index contributed by atoms with van der Waals surface area (Å²) in [6, 6.07) is 16.1. The van der Waals surface area contributed by atoms with Crippen molar-refractivity contribution in [3.8, 4) is 0 Å². The second-order valence-electron chi connectivity index (χ2n) is 4.63. The normalized spacial score (nSPS) is 13.9. The van der Waals surface area contributed by atoms with Crippen molar-refractivity contribution >= 4 is 44.2 Å². The lowest BCUT2D eigenvalue weighted by atomic mass is 9.92. The smallest absolute Gasteiger partial charge is 0.0828 e. The van der Waals surface area contributed by atoms with Gasteiger partial charge in [0.15, 0.2) is 0 Å². The molecule has 0 amide bonds. The number of anilines is 1. The molecule has 1 unspecified atom stereocenters. The maximum atomic E-state index is 9.75. The highest BCUT2D eigenvalue weighted by molar-refractivity contribution is 14.1. The standard InChI is InChI=1S/C15H15BrINO/c1-15(10-19,11-2-6-13(17)7-3-11)18-14-8-4-12(16)5-9-14/h2-9,18-19H,10H2,1H3. The van der Waals surface area contributed by atoms with E-state index in [4.69, 9.17) is 0 Å². The number of hydrogen-bond donors (Lipinski definition) is 2. The monoisotopic (exact) mass is 431 g/mol. The quantitative estimate of drug-likeness (QED) is 0.704. The highest BCUT2D eigenvalue weighted by atomic mass is 127. The van der Waals surface area contributed by atoms with E-state index in [0.29, 0.717) is 0 Å². The van der Waals surface area contributed by atoms with E-state index in [9.17, 15) is 5.11 Å². The third kappa shape index (κ3) is 3.70. The summed E-state index contributed by atoms with van der Waals surface area (Å²) in [5.74, 6) is 0. The van der Waals surface area contributed by atoms with Crippen LogP contribution >= 0.6 is 38.5 Å². The molecule has 2 N–H and O–H groups in total. The van der Waals surface area contributed by atoms with Crippen LogP contribution in [-0.4, -0.2) is 11.7 Å². The summed E-state index contributed by atoms with van der Waals surface area (Å²) in [6.45, 7) is 2.03. The fourth-order valence-electron chi connectivity index (χ4n) is 1.87. The van der Waals surface area contributed by atoms with Gasteiger partial charge in [-0.05, 0) is 71.5 Å². The van der Waals surface area contributed by atoms with Crippen molar-refractivity contribution in [1.82, 2.24) is 0 Å². The molecule has 4 heteroatoms. The first-order valence-corrected chi connectivity index (χ1v) is 7.81. The van der Waals surface area contributed by atoms with Crippen molar-refractivity contribution in [3.05, 3.63) is 62.1 Å². The molecule has 0 aromatic heterocycles. The SMILES string of the molecule is CC(CO)(Nc1ccc(Br)cc1)c1ccc(I)cc1. The molecule has 0 aliphatic rings. The molecule has 2 rings (SSSR count). The van der Waals surface area contributed by atoms with E-state index < -0.39 is 5.54 Å². The van der Waals surface area contributed by atoms with E-state index in [1.54, 1.807) is 0 Å². The van der Waals surface area contributed by atoms with E-state index in [-0.39, 0.29) is 6.61 Å². The Hall–Kier alpha value is -0.590. The molecule has 0 bridgehead atoms. The van der Waals surface area contributed by atoms with E-state index in [2.05, 4.69) is 43.8 Å². The summed E-state index contributed by atoms with van der Waals surface area (Å²) >= 11 is 5.69. The van der Waals surface area contributed by atoms with Crippen LogP contribution in [0.25, 0.3) is 0 Å². The fourth-order valence-corrected chi connectivity index (χ4v) is 2.50. The number of nitrogens with one attached hydrogen (secondary N) is 1. The fraction of sp³-hybridized carbons (Fsp3) is 0.200. The zero-order valence-corrected chi connectivity index (χ0v) is 14.3. The predicted molar refractivity (Wildman–Crippen MR) is 91.4 cm³/mol. The molecule has 0 spiro atoms. The molecule has 2 nitrogen and oxygen atoms in total. The Labute approximate surface area is 135 Å². The molecule has 0 fully saturated rings. The van der Waals surface area contributed by atoms with Crippen LogP contribution < -0.4 is 5.32 Å². The minimum absolute atomic E-state index is 0.0314. The Morgan fingerprint density at radius 2 is 1.68 bits per heavy atom. The second-order valence-corrected chi connectivity index (χ2v) is 6.79. The Kier molecular flexibility index (Phi) is 4.86. The van der Waals surface area contributed by atoms with Crippen molar-refractivity contribution < 1.29 is 5.11 Å². The van der Waals surface area contributed by atoms with E-state index in [1.807, 2.05) is 55.5 Å². The molecule has 0 saturated carbocycles. The molecule has 2 aromatic rings. The van der Waals surface area contributed by atoms with Gasteiger partial charge < -0.3 is 10.4 Å². The highest BCUT2D eigenvalue weighted by Crippen LogP contribution is 2.27. The first-order valence-electron chi connectivity index (χ1n) is 5.94. The molecule has 2 aromatic carbocycles. The van der Waals surface area contributed by atoms with Gasteiger partial charge in [0.1, 0.15) is 0 Å². The van der Waals surface area contributed by atoms with Gasteiger partial charge in [0, 0.05) is 13.7 Å². The van der Waals surface area contributed by atoms with Crippen LogP contribution in [0.2, 0.25) is 0 Å². The summed E-state index contributed by atoms with van der Waals surface area (Å²) < 4.78 is 2.23. The molecule has 0 aliphatic carbocycles. The van der Waals surface area contributed by atoms with Crippen molar-refractivity contribution in [3.63, 3.8) is 0 Å². The van der Waals surface area contributed by atoms with Gasteiger partial charge in [-0.2, -0.15) is 0 Å². The molecule has 0 aliphatic heterocycles. The minimum Gasteiger partial charge on any atom is -0.394 e. The van der Waals surface area contributed by atoms with E-state index in [0.717, 1.165) is 15.7 Å². The first-order chi connectivity index (χ1) is 9.03. The summed E-state index contributed by atoms with van der Waals surface area (Å²) in [7, 11) is 0. The predicted octanol–water partition coefficient (Wildman–Crippen LogP) is 4.37. The Morgan fingerprint density at radius 3 is 2.21 bits per heavy atom. The second kappa shape index (κ2) is 6.24. The van der Waals surface area contributed by atoms with Gasteiger partial charge >= 0.3 is 0 Å². The van der Waals surface area contributed by atoms with Gasteiger partial charge in [-0.3, -0.25) is 0 Å². The third-order valence-corrected chi connectivity index (χ3v) is 4.31. The molecule has 1 atom stereocenters. The van der Waals surface area contributed by atoms with Gasteiger partial charge in [0.2, 0.25) is 0 Å². The van der Waals surface area contributed by atoms with Crippen molar-refractivity contribution in [2.24, 2.45) is 0 Å². The summed E-state index contributed by atoms with van der Waals surface area (Å²) in [5, 5.41) is 13.1. The molecule has 0 radical (unpaired) electrons. The van der Waals surface area contributed by atoms with E-state index in [1.165, 1.54) is 3.57 Å². The van der Waals surface area contributed by atoms with Gasteiger partial charge in [-0.15, -0.1) is 0 Å². The Bertz CT molecular complexity index is 541. The largest absolute Gasteiger partial charge is 0.394 e. The van der Waals surface area contributed by atoms with Gasteiger partial charge in [0.05, 0.1) is 12.1 Å². The number of rotatable bonds is 4. The lowest BCUT2D eigenvalue weighted by Gasteiger charge is -2.30. The summed E-state index contributed by atoms with van der Waals surface area (Å²) in [5.41, 5.74) is 1.56. The van der Waals surface area contributed by atoms with Crippen LogP contribution in [0.5, 0.6) is 0 Å². The lowest BCUT2D eigenvalue weighted by Crippen LogP contribution is -2.35. The first kappa shape index (κ1) is 14.8. The topological polar surface area (TPSA) is 32.3 Å². The Balaban J connectivity index is 2.27. The number of benzene rings is 2. The van der Waals surface area contributed by atoms with Crippen molar-refractivity contribution in [1.29, 1.82) is 0 Å². The van der Waals surface area contributed by atoms with Crippen LogP contribution in [0.1, 0.15) is 12.5 Å². The van der Waals surface area contributed by atoms with Crippen LogP contribution in [0.15, 0.2) is 53.0 Å². The maximum absolute atomic E-state index is 9.75.